The molecule has 0 aliphatic carbocycles. The van der Waals surface area contributed by atoms with Crippen LogP contribution in [0.15, 0.2) is 89.4 Å². The van der Waals surface area contributed by atoms with Crippen LogP contribution in [-0.2, 0) is 7.05 Å². The van der Waals surface area contributed by atoms with Gasteiger partial charge in [0.1, 0.15) is 7.05 Å². The first-order valence-corrected chi connectivity index (χ1v) is 14.6. The molecule has 4 rings (SSSR count). The highest BCUT2D eigenvalue weighted by Gasteiger charge is 2.17. The van der Waals surface area contributed by atoms with Gasteiger partial charge in [-0.3, -0.25) is 0 Å². The van der Waals surface area contributed by atoms with Crippen LogP contribution in [0.4, 0.5) is 11.4 Å². The summed E-state index contributed by atoms with van der Waals surface area (Å²) in [6.45, 7) is 0.998. The molecule has 1 aromatic heterocycles. The zero-order valence-corrected chi connectivity index (χ0v) is 25.5. The molecule has 0 amide bonds. The first kappa shape index (κ1) is 29.1. The SMILES string of the molecule is CN(C)c1ccc(-c2cc(/C=C/c3ccc(N(C)CCCCCC#N)cc3)[n+](C)c(-c3ccc(Br)cc3)c2)cc1. The predicted molar refractivity (Wildman–Crippen MR) is 173 cm³/mol. The Kier molecular flexibility index (Phi) is 10.2. The quantitative estimate of drug-likeness (QED) is 0.129. The van der Waals surface area contributed by atoms with E-state index in [1.807, 2.05) is 0 Å². The molecule has 0 bridgehead atoms. The van der Waals surface area contributed by atoms with Crippen molar-refractivity contribution in [2.45, 2.75) is 25.7 Å². The molecule has 0 unspecified atom stereocenters. The van der Waals surface area contributed by atoms with Gasteiger partial charge in [-0.2, -0.15) is 9.83 Å². The Morgan fingerprint density at radius 2 is 1.40 bits per heavy atom. The van der Waals surface area contributed by atoms with Crippen LogP contribution in [0.3, 0.4) is 0 Å². The fraction of sp³-hybridized carbons (Fsp3) is 0.257. The van der Waals surface area contributed by atoms with Gasteiger partial charge in [-0.05, 0) is 84.1 Å². The summed E-state index contributed by atoms with van der Waals surface area (Å²) < 4.78 is 3.33. The van der Waals surface area contributed by atoms with Gasteiger partial charge in [0.2, 0.25) is 11.4 Å². The van der Waals surface area contributed by atoms with Crippen molar-refractivity contribution < 1.29 is 4.57 Å². The van der Waals surface area contributed by atoms with Crippen LogP contribution in [0.1, 0.15) is 36.9 Å². The summed E-state index contributed by atoms with van der Waals surface area (Å²) in [6.07, 6.45) is 8.22. The van der Waals surface area contributed by atoms with E-state index in [0.29, 0.717) is 6.42 Å². The fourth-order valence-corrected chi connectivity index (χ4v) is 5.00. The van der Waals surface area contributed by atoms with Crippen molar-refractivity contribution in [1.82, 2.24) is 0 Å². The molecule has 0 aliphatic heterocycles. The van der Waals surface area contributed by atoms with E-state index in [1.165, 1.54) is 28.1 Å². The average Bonchev–Trinajstić information content (AvgIpc) is 2.97. The average molecular weight is 595 g/mol. The maximum atomic E-state index is 8.71. The highest BCUT2D eigenvalue weighted by molar-refractivity contribution is 9.10. The number of unbranched alkanes of at least 4 members (excludes halogenated alkanes) is 3. The number of hydrogen-bond acceptors (Lipinski definition) is 3. The van der Waals surface area contributed by atoms with E-state index in [0.717, 1.165) is 47.2 Å². The normalized spacial score (nSPS) is 11.0. The number of nitriles is 1. The van der Waals surface area contributed by atoms with E-state index in [9.17, 15) is 0 Å². The minimum atomic E-state index is 0.652. The summed E-state index contributed by atoms with van der Waals surface area (Å²) in [4.78, 5) is 4.41. The van der Waals surface area contributed by atoms with E-state index >= 15 is 0 Å². The molecule has 5 heteroatoms. The maximum absolute atomic E-state index is 8.71. The number of aromatic nitrogens is 1. The zero-order chi connectivity index (χ0) is 28.5. The lowest BCUT2D eigenvalue weighted by atomic mass is 10.0. The van der Waals surface area contributed by atoms with Crippen molar-refractivity contribution in [2.75, 3.05) is 37.5 Å². The summed E-state index contributed by atoms with van der Waals surface area (Å²) in [7, 11) is 8.39. The van der Waals surface area contributed by atoms with E-state index < -0.39 is 0 Å². The molecule has 0 spiro atoms. The molecule has 0 N–H and O–H groups in total. The summed E-state index contributed by atoms with van der Waals surface area (Å²) in [6, 6.07) is 32.7. The number of hydrogen-bond donors (Lipinski definition) is 0. The Labute approximate surface area is 248 Å². The van der Waals surface area contributed by atoms with E-state index in [4.69, 9.17) is 5.26 Å². The summed E-state index contributed by atoms with van der Waals surface area (Å²) >= 11 is 3.57. The third-order valence-electron chi connectivity index (χ3n) is 7.26. The Morgan fingerprint density at radius 3 is 2.05 bits per heavy atom. The number of nitrogens with zero attached hydrogens (tertiary/aromatic N) is 4. The topological polar surface area (TPSA) is 34.1 Å². The Morgan fingerprint density at radius 1 is 0.750 bits per heavy atom. The molecule has 0 radical (unpaired) electrons. The van der Waals surface area contributed by atoms with Crippen LogP contribution in [0, 0.1) is 11.3 Å². The molecule has 4 nitrogen and oxygen atoms in total. The number of benzene rings is 3. The summed E-state index contributed by atoms with van der Waals surface area (Å²) in [5.74, 6) is 0. The van der Waals surface area contributed by atoms with Crippen molar-refractivity contribution in [1.29, 1.82) is 5.26 Å². The van der Waals surface area contributed by atoms with Crippen molar-refractivity contribution in [3.8, 4) is 28.5 Å². The molecular weight excluding hydrogens is 556 g/mol. The van der Waals surface area contributed by atoms with Gasteiger partial charge in [0.15, 0.2) is 0 Å². The minimum absolute atomic E-state index is 0.652. The second kappa shape index (κ2) is 14.0. The smallest absolute Gasteiger partial charge is 0.213 e. The number of halogens is 1. The molecule has 0 fully saturated rings. The standard InChI is InChI=1S/C35H38BrN4/c1-38(2)32-21-14-28(15-22-32)30-25-34(40(4)35(26-30)29-12-16-31(36)17-13-29)20-11-27-9-18-33(19-10-27)39(3)24-8-6-5-7-23-37/h9-22,25-26H,5-8,24H2,1-4H3/q+1. The molecule has 0 aliphatic rings. The highest BCUT2D eigenvalue weighted by Crippen LogP contribution is 2.28. The minimum Gasteiger partial charge on any atom is -0.378 e. The number of anilines is 2. The lowest BCUT2D eigenvalue weighted by Crippen LogP contribution is -2.34. The largest absolute Gasteiger partial charge is 0.378 e. The number of pyridine rings is 1. The first-order valence-electron chi connectivity index (χ1n) is 13.8. The first-order chi connectivity index (χ1) is 19.4. The van der Waals surface area contributed by atoms with Gasteiger partial charge in [0.05, 0.1) is 6.07 Å². The molecule has 1 heterocycles. The fourth-order valence-electron chi connectivity index (χ4n) is 4.74. The molecule has 0 saturated carbocycles. The van der Waals surface area contributed by atoms with Crippen LogP contribution < -0.4 is 14.4 Å². The molecule has 4 aromatic rings. The predicted octanol–water partition coefficient (Wildman–Crippen LogP) is 8.36. The maximum Gasteiger partial charge on any atom is 0.213 e. The van der Waals surface area contributed by atoms with E-state index in [2.05, 4.69) is 162 Å². The van der Waals surface area contributed by atoms with Crippen LogP contribution in [-0.4, -0.2) is 27.7 Å². The van der Waals surface area contributed by atoms with Gasteiger partial charge in [-0.15, -0.1) is 0 Å². The zero-order valence-electron chi connectivity index (χ0n) is 23.9. The second-order valence-corrected chi connectivity index (χ2v) is 11.3. The van der Waals surface area contributed by atoms with Crippen LogP contribution in [0.25, 0.3) is 34.5 Å². The summed E-state index contributed by atoms with van der Waals surface area (Å²) in [5, 5.41) is 8.71. The Balaban J connectivity index is 1.60. The molecule has 40 heavy (non-hydrogen) atoms. The second-order valence-electron chi connectivity index (χ2n) is 10.4. The third kappa shape index (κ3) is 7.61. The van der Waals surface area contributed by atoms with E-state index in [-0.39, 0.29) is 0 Å². The molecular formula is C35H38BrN4+. The Hall–Kier alpha value is -3.88. The number of rotatable bonds is 11. The lowest BCUT2D eigenvalue weighted by molar-refractivity contribution is -0.662. The van der Waals surface area contributed by atoms with Gasteiger partial charge in [0, 0.05) is 73.7 Å². The van der Waals surface area contributed by atoms with Crippen molar-refractivity contribution in [2.24, 2.45) is 7.05 Å². The third-order valence-corrected chi connectivity index (χ3v) is 7.79. The summed E-state index contributed by atoms with van der Waals surface area (Å²) in [5.41, 5.74) is 9.41. The van der Waals surface area contributed by atoms with E-state index in [1.54, 1.807) is 0 Å². The molecule has 3 aromatic carbocycles. The molecule has 0 atom stereocenters. The van der Waals surface area contributed by atoms with Gasteiger partial charge in [0.25, 0.3) is 0 Å². The Bertz CT molecular complexity index is 1460. The van der Waals surface area contributed by atoms with Crippen LogP contribution >= 0.6 is 15.9 Å². The van der Waals surface area contributed by atoms with Gasteiger partial charge in [-0.25, -0.2) is 0 Å². The van der Waals surface area contributed by atoms with Crippen molar-refractivity contribution in [3.05, 3.63) is 101 Å². The van der Waals surface area contributed by atoms with Crippen LogP contribution in [0.2, 0.25) is 0 Å². The molecule has 0 saturated heterocycles. The lowest BCUT2D eigenvalue weighted by Gasteiger charge is -2.19. The highest BCUT2D eigenvalue weighted by atomic mass is 79.9. The van der Waals surface area contributed by atoms with Gasteiger partial charge < -0.3 is 9.80 Å². The van der Waals surface area contributed by atoms with Crippen LogP contribution in [0.5, 0.6) is 0 Å². The van der Waals surface area contributed by atoms with Gasteiger partial charge >= 0.3 is 0 Å². The monoisotopic (exact) mass is 593 g/mol. The van der Waals surface area contributed by atoms with Crippen molar-refractivity contribution in [3.63, 3.8) is 0 Å². The van der Waals surface area contributed by atoms with Crippen molar-refractivity contribution >= 4 is 39.5 Å². The van der Waals surface area contributed by atoms with Gasteiger partial charge in [-0.1, -0.05) is 46.6 Å². The molecule has 204 valence electrons.